The SMILES string of the molecule is CC(C)c1cccc(C(C)C)c1NC(=O)CN1CCN(C(=O)Cc2ccccc2Cl)CC1. The molecule has 6 heteroatoms. The Morgan fingerprint density at radius 2 is 1.50 bits per heavy atom. The van der Waals surface area contributed by atoms with Crippen LogP contribution in [-0.4, -0.2) is 54.3 Å². The summed E-state index contributed by atoms with van der Waals surface area (Å²) in [5.74, 6) is 0.735. The molecule has 1 fully saturated rings. The van der Waals surface area contributed by atoms with Gasteiger partial charge in [0.15, 0.2) is 0 Å². The average molecular weight is 456 g/mol. The molecule has 0 unspecified atom stereocenters. The number of hydrogen-bond donors (Lipinski definition) is 1. The Morgan fingerprint density at radius 1 is 0.906 bits per heavy atom. The third-order valence-electron chi connectivity index (χ3n) is 6.03. The van der Waals surface area contributed by atoms with Crippen molar-refractivity contribution in [2.75, 3.05) is 38.0 Å². The van der Waals surface area contributed by atoms with Gasteiger partial charge in [0.25, 0.3) is 0 Å². The van der Waals surface area contributed by atoms with Crippen LogP contribution in [0.5, 0.6) is 0 Å². The van der Waals surface area contributed by atoms with Gasteiger partial charge >= 0.3 is 0 Å². The number of nitrogens with one attached hydrogen (secondary N) is 1. The molecule has 0 radical (unpaired) electrons. The van der Waals surface area contributed by atoms with E-state index in [1.807, 2.05) is 29.2 Å². The van der Waals surface area contributed by atoms with Crippen LogP contribution in [0.15, 0.2) is 42.5 Å². The summed E-state index contributed by atoms with van der Waals surface area (Å²) in [4.78, 5) is 29.5. The fourth-order valence-electron chi connectivity index (χ4n) is 4.15. The van der Waals surface area contributed by atoms with Gasteiger partial charge in [-0.05, 0) is 34.6 Å². The zero-order valence-corrected chi connectivity index (χ0v) is 20.3. The highest BCUT2D eigenvalue weighted by Gasteiger charge is 2.24. The van der Waals surface area contributed by atoms with Crippen molar-refractivity contribution in [1.29, 1.82) is 0 Å². The van der Waals surface area contributed by atoms with Gasteiger partial charge in [0, 0.05) is 36.9 Å². The summed E-state index contributed by atoms with van der Waals surface area (Å²) in [7, 11) is 0. The molecule has 0 aliphatic carbocycles. The molecular formula is C26H34ClN3O2. The highest BCUT2D eigenvalue weighted by Crippen LogP contribution is 2.32. The molecule has 32 heavy (non-hydrogen) atoms. The predicted molar refractivity (Wildman–Crippen MR) is 131 cm³/mol. The van der Waals surface area contributed by atoms with Crippen LogP contribution in [0.1, 0.15) is 56.2 Å². The van der Waals surface area contributed by atoms with Crippen molar-refractivity contribution in [3.63, 3.8) is 0 Å². The molecule has 0 saturated carbocycles. The van der Waals surface area contributed by atoms with Crippen LogP contribution in [0.4, 0.5) is 5.69 Å². The number of benzene rings is 2. The zero-order valence-electron chi connectivity index (χ0n) is 19.5. The standard InChI is InChI=1S/C26H34ClN3O2/c1-18(2)21-9-7-10-22(19(3)4)26(21)28-24(31)17-29-12-14-30(15-13-29)25(32)16-20-8-5-6-11-23(20)27/h5-11,18-19H,12-17H2,1-4H3,(H,28,31). The number of anilines is 1. The molecule has 2 amide bonds. The molecule has 172 valence electrons. The van der Waals surface area contributed by atoms with E-state index in [2.05, 4.69) is 56.1 Å². The molecule has 5 nitrogen and oxygen atoms in total. The quantitative estimate of drug-likeness (QED) is 0.645. The molecule has 1 heterocycles. The first-order valence-corrected chi connectivity index (χ1v) is 11.8. The van der Waals surface area contributed by atoms with Gasteiger partial charge in [-0.25, -0.2) is 0 Å². The maximum Gasteiger partial charge on any atom is 0.238 e. The van der Waals surface area contributed by atoms with Crippen molar-refractivity contribution in [2.24, 2.45) is 0 Å². The monoisotopic (exact) mass is 455 g/mol. The van der Waals surface area contributed by atoms with E-state index in [1.165, 1.54) is 11.1 Å². The van der Waals surface area contributed by atoms with Crippen molar-refractivity contribution in [3.8, 4) is 0 Å². The molecule has 0 atom stereocenters. The van der Waals surface area contributed by atoms with E-state index in [-0.39, 0.29) is 11.8 Å². The summed E-state index contributed by atoms with van der Waals surface area (Å²) in [6.45, 7) is 11.5. The van der Waals surface area contributed by atoms with Crippen molar-refractivity contribution in [1.82, 2.24) is 9.80 Å². The topological polar surface area (TPSA) is 52.7 Å². The second-order valence-corrected chi connectivity index (χ2v) is 9.50. The fraction of sp³-hybridized carbons (Fsp3) is 0.462. The van der Waals surface area contributed by atoms with Crippen LogP contribution in [0, 0.1) is 0 Å². The number of halogens is 1. The van der Waals surface area contributed by atoms with Gasteiger partial charge in [-0.15, -0.1) is 0 Å². The Kier molecular flexibility index (Phi) is 8.32. The van der Waals surface area contributed by atoms with Gasteiger partial charge in [-0.1, -0.05) is 75.7 Å². The van der Waals surface area contributed by atoms with E-state index in [0.29, 0.717) is 56.0 Å². The lowest BCUT2D eigenvalue weighted by Crippen LogP contribution is -2.50. The smallest absolute Gasteiger partial charge is 0.238 e. The van der Waals surface area contributed by atoms with Crippen molar-refractivity contribution >= 4 is 29.1 Å². The molecule has 0 bridgehead atoms. The average Bonchev–Trinajstić information content (AvgIpc) is 2.75. The first kappa shape index (κ1) is 24.3. The van der Waals surface area contributed by atoms with E-state index < -0.39 is 0 Å². The van der Waals surface area contributed by atoms with E-state index in [4.69, 9.17) is 11.6 Å². The lowest BCUT2D eigenvalue weighted by molar-refractivity contribution is -0.132. The van der Waals surface area contributed by atoms with E-state index in [0.717, 1.165) is 11.3 Å². The van der Waals surface area contributed by atoms with E-state index in [9.17, 15) is 9.59 Å². The minimum absolute atomic E-state index is 0.00385. The Labute approximate surface area is 196 Å². The third kappa shape index (κ3) is 6.11. The normalized spacial score (nSPS) is 14.8. The minimum atomic E-state index is -0.00385. The lowest BCUT2D eigenvalue weighted by Gasteiger charge is -2.34. The minimum Gasteiger partial charge on any atom is -0.340 e. The molecule has 2 aromatic rings. The maximum atomic E-state index is 12.9. The van der Waals surface area contributed by atoms with Crippen LogP contribution in [-0.2, 0) is 16.0 Å². The molecule has 1 saturated heterocycles. The zero-order chi connectivity index (χ0) is 23.3. The third-order valence-corrected chi connectivity index (χ3v) is 6.40. The molecule has 3 rings (SSSR count). The number of rotatable bonds is 7. The first-order valence-electron chi connectivity index (χ1n) is 11.4. The second kappa shape index (κ2) is 11.0. The predicted octanol–water partition coefficient (Wildman–Crippen LogP) is 4.91. The van der Waals surface area contributed by atoms with Gasteiger partial charge in [-0.3, -0.25) is 14.5 Å². The summed E-state index contributed by atoms with van der Waals surface area (Å²) in [5, 5.41) is 3.81. The van der Waals surface area contributed by atoms with Crippen LogP contribution in [0.2, 0.25) is 5.02 Å². The molecule has 1 N–H and O–H groups in total. The van der Waals surface area contributed by atoms with E-state index >= 15 is 0 Å². The summed E-state index contributed by atoms with van der Waals surface area (Å²) >= 11 is 6.19. The van der Waals surface area contributed by atoms with Gasteiger partial charge in [0.2, 0.25) is 11.8 Å². The van der Waals surface area contributed by atoms with Gasteiger partial charge < -0.3 is 10.2 Å². The maximum absolute atomic E-state index is 12.9. The summed E-state index contributed by atoms with van der Waals surface area (Å²) < 4.78 is 0. The van der Waals surface area contributed by atoms with Crippen molar-refractivity contribution in [2.45, 2.75) is 46.0 Å². The van der Waals surface area contributed by atoms with Crippen LogP contribution in [0.25, 0.3) is 0 Å². The molecule has 1 aliphatic heterocycles. The van der Waals surface area contributed by atoms with Gasteiger partial charge in [0.1, 0.15) is 0 Å². The Balaban J connectivity index is 1.55. The molecule has 0 aromatic heterocycles. The molecule has 0 spiro atoms. The Hall–Kier alpha value is -2.37. The van der Waals surface area contributed by atoms with E-state index in [1.54, 1.807) is 0 Å². The lowest BCUT2D eigenvalue weighted by atomic mass is 9.92. The highest BCUT2D eigenvalue weighted by atomic mass is 35.5. The molecule has 2 aromatic carbocycles. The van der Waals surface area contributed by atoms with Gasteiger partial charge in [-0.2, -0.15) is 0 Å². The number of para-hydroxylation sites is 1. The largest absolute Gasteiger partial charge is 0.340 e. The van der Waals surface area contributed by atoms with Crippen molar-refractivity contribution < 1.29 is 9.59 Å². The number of hydrogen-bond acceptors (Lipinski definition) is 3. The summed E-state index contributed by atoms with van der Waals surface area (Å²) in [6, 6.07) is 13.7. The molecular weight excluding hydrogens is 422 g/mol. The summed E-state index contributed by atoms with van der Waals surface area (Å²) in [5.41, 5.74) is 4.14. The number of amides is 2. The fourth-order valence-corrected chi connectivity index (χ4v) is 4.35. The van der Waals surface area contributed by atoms with Crippen molar-refractivity contribution in [3.05, 3.63) is 64.2 Å². The van der Waals surface area contributed by atoms with Gasteiger partial charge in [0.05, 0.1) is 13.0 Å². The second-order valence-electron chi connectivity index (χ2n) is 9.09. The Bertz CT molecular complexity index is 924. The molecule has 1 aliphatic rings. The summed E-state index contributed by atoms with van der Waals surface area (Å²) in [6.07, 6.45) is 0.310. The highest BCUT2D eigenvalue weighted by molar-refractivity contribution is 6.31. The Morgan fingerprint density at radius 3 is 2.06 bits per heavy atom. The van der Waals surface area contributed by atoms with Crippen LogP contribution < -0.4 is 5.32 Å². The number of carbonyl (C=O) groups is 2. The number of nitrogens with zero attached hydrogens (tertiary/aromatic N) is 2. The first-order chi connectivity index (χ1) is 15.3. The number of carbonyl (C=O) groups excluding carboxylic acids is 2. The number of piperazine rings is 1. The van der Waals surface area contributed by atoms with Crippen LogP contribution >= 0.6 is 11.6 Å². The van der Waals surface area contributed by atoms with Crippen LogP contribution in [0.3, 0.4) is 0 Å².